The number of likely N-dealkylation sites (N-methyl/N-ethyl adjacent to an activating group) is 1. The number of carbonyl (C=O) groups excluding carboxylic acids is 1. The van der Waals surface area contributed by atoms with E-state index < -0.39 is 12.1 Å². The van der Waals surface area contributed by atoms with Gasteiger partial charge in [-0.3, -0.25) is 4.79 Å². The number of hydrogen-bond acceptors (Lipinski definition) is 3. The molecule has 1 saturated carbocycles. The van der Waals surface area contributed by atoms with Crippen LogP contribution in [0.2, 0.25) is 0 Å². The Balaban J connectivity index is 1.77. The Morgan fingerprint density at radius 1 is 1.11 bits per heavy atom. The van der Waals surface area contributed by atoms with E-state index in [1.165, 1.54) is 0 Å². The molecule has 0 saturated heterocycles. The van der Waals surface area contributed by atoms with E-state index in [-0.39, 0.29) is 23.9 Å². The van der Waals surface area contributed by atoms with Gasteiger partial charge in [0.1, 0.15) is 12.7 Å². The van der Waals surface area contributed by atoms with E-state index in [1.807, 2.05) is 47.8 Å². The predicted octanol–water partition coefficient (Wildman–Crippen LogP) is 4.91. The molecule has 1 aliphatic heterocycles. The molecule has 35 heavy (non-hydrogen) atoms. The van der Waals surface area contributed by atoms with Gasteiger partial charge >= 0.3 is 5.97 Å². The average molecular weight is 478 g/mol. The highest BCUT2D eigenvalue weighted by atomic mass is 19.1. The van der Waals surface area contributed by atoms with Gasteiger partial charge in [0.25, 0.3) is 0 Å². The fourth-order valence-electron chi connectivity index (χ4n) is 5.69. The van der Waals surface area contributed by atoms with Gasteiger partial charge in [-0.25, -0.2) is 9.18 Å². The number of carboxylic acid groups (broad SMARTS) is 1. The van der Waals surface area contributed by atoms with Gasteiger partial charge in [0, 0.05) is 36.5 Å². The van der Waals surface area contributed by atoms with Gasteiger partial charge in [0.15, 0.2) is 0 Å². The minimum absolute atomic E-state index is 0.0211. The molecule has 1 amide bonds. The number of aromatic nitrogens is 1. The summed E-state index contributed by atoms with van der Waals surface area (Å²) in [7, 11) is 3.97. The zero-order valence-corrected chi connectivity index (χ0v) is 20.3. The fourth-order valence-corrected chi connectivity index (χ4v) is 5.69. The second-order valence-electron chi connectivity index (χ2n) is 10.1. The van der Waals surface area contributed by atoms with Gasteiger partial charge in [-0.05, 0) is 50.2 Å². The van der Waals surface area contributed by atoms with Crippen LogP contribution >= 0.6 is 0 Å². The minimum atomic E-state index is -1.02. The molecular weight excluding hydrogens is 445 g/mol. The number of fused-ring (bicyclic) bond motifs is 5. The van der Waals surface area contributed by atoms with Crippen molar-refractivity contribution in [1.29, 1.82) is 0 Å². The van der Waals surface area contributed by atoms with Crippen molar-refractivity contribution >= 4 is 22.8 Å². The number of benzene rings is 2. The summed E-state index contributed by atoms with van der Waals surface area (Å²) < 4.78 is 17.4. The van der Waals surface area contributed by atoms with Crippen LogP contribution in [-0.4, -0.2) is 64.7 Å². The maximum Gasteiger partial charge on any atom is 0.335 e. The van der Waals surface area contributed by atoms with E-state index in [4.69, 9.17) is 0 Å². The van der Waals surface area contributed by atoms with E-state index in [1.54, 1.807) is 12.1 Å². The third-order valence-electron chi connectivity index (χ3n) is 7.50. The molecule has 1 N–H and O–H groups in total. The van der Waals surface area contributed by atoms with E-state index in [9.17, 15) is 14.7 Å². The fraction of sp³-hybridized carbons (Fsp3) is 0.429. The van der Waals surface area contributed by atoms with Crippen molar-refractivity contribution in [1.82, 2.24) is 14.4 Å². The highest BCUT2D eigenvalue weighted by Gasteiger charge is 2.35. The molecule has 0 bridgehead atoms. The molecule has 2 aliphatic rings. The Bertz CT molecular complexity index is 1280. The molecule has 1 aromatic heterocycles. The van der Waals surface area contributed by atoms with Crippen LogP contribution < -0.4 is 0 Å². The number of halogens is 1. The molecule has 1 fully saturated rings. The van der Waals surface area contributed by atoms with Crippen molar-refractivity contribution in [2.75, 3.05) is 27.2 Å². The lowest BCUT2D eigenvalue weighted by molar-refractivity contribution is -0.132. The van der Waals surface area contributed by atoms with Crippen molar-refractivity contribution in [2.45, 2.75) is 50.9 Å². The molecule has 0 radical (unpaired) electrons. The van der Waals surface area contributed by atoms with Gasteiger partial charge in [-0.1, -0.05) is 43.2 Å². The highest BCUT2D eigenvalue weighted by molar-refractivity contribution is 5.99. The van der Waals surface area contributed by atoms with E-state index >= 15 is 4.39 Å². The lowest BCUT2D eigenvalue weighted by Crippen LogP contribution is -2.39. The standard InChI is InChI=1S/C28H32FN3O3/c1-30(2)13-14-31-16-19-7-3-4-8-20(19)27-26(21-9-5-6-10-23(21)29)22-12-11-18(28(34)35)15-24(22)32(27)17-25(31)33/h3-4,7-8,11-12,15,21,23H,5-6,9-10,13-14,16-17H2,1-2H3,(H,34,35)/t21-,23-/m1/s1. The maximum absolute atomic E-state index is 15.4. The van der Waals surface area contributed by atoms with Crippen LogP contribution in [0.5, 0.6) is 0 Å². The summed E-state index contributed by atoms with van der Waals surface area (Å²) in [5.41, 5.74) is 4.66. The highest BCUT2D eigenvalue weighted by Crippen LogP contribution is 2.46. The summed E-state index contributed by atoms with van der Waals surface area (Å²) in [4.78, 5) is 29.3. The molecule has 0 spiro atoms. The summed E-state index contributed by atoms with van der Waals surface area (Å²) >= 11 is 0. The smallest absolute Gasteiger partial charge is 0.335 e. The zero-order chi connectivity index (χ0) is 24.7. The monoisotopic (exact) mass is 477 g/mol. The number of nitrogens with zero attached hydrogens (tertiary/aromatic N) is 3. The lowest BCUT2D eigenvalue weighted by Gasteiger charge is -2.31. The van der Waals surface area contributed by atoms with E-state index in [2.05, 4.69) is 11.0 Å². The number of hydrogen-bond donors (Lipinski definition) is 1. The second-order valence-corrected chi connectivity index (χ2v) is 10.1. The Labute approximate surface area is 204 Å². The van der Waals surface area contributed by atoms with Gasteiger partial charge in [0.2, 0.25) is 5.91 Å². The Morgan fingerprint density at radius 2 is 1.89 bits per heavy atom. The van der Waals surface area contributed by atoms with Crippen LogP contribution in [0.4, 0.5) is 4.39 Å². The average Bonchev–Trinajstić information content (AvgIpc) is 3.13. The summed E-state index contributed by atoms with van der Waals surface area (Å²) in [5, 5.41) is 10.5. The number of alkyl halides is 1. The SMILES string of the molecule is CN(C)CCN1Cc2ccccc2-c2c([C@@H]3CCCC[C@H]3F)c3ccc(C(=O)O)cc3n2CC1=O. The van der Waals surface area contributed by atoms with Crippen molar-refractivity contribution in [3.05, 3.63) is 59.2 Å². The van der Waals surface area contributed by atoms with E-state index in [0.717, 1.165) is 53.6 Å². The quantitative estimate of drug-likeness (QED) is 0.567. The summed E-state index contributed by atoms with van der Waals surface area (Å²) in [6, 6.07) is 13.1. The van der Waals surface area contributed by atoms with Gasteiger partial charge in [-0.2, -0.15) is 0 Å². The molecule has 0 unspecified atom stereocenters. The van der Waals surface area contributed by atoms with Crippen LogP contribution in [0.15, 0.2) is 42.5 Å². The molecular formula is C28H32FN3O3. The Kier molecular flexibility index (Phi) is 6.36. The molecule has 6 nitrogen and oxygen atoms in total. The van der Waals surface area contributed by atoms with Crippen molar-refractivity contribution < 1.29 is 19.1 Å². The minimum Gasteiger partial charge on any atom is -0.478 e. The lowest BCUT2D eigenvalue weighted by atomic mass is 9.80. The molecule has 5 rings (SSSR count). The topological polar surface area (TPSA) is 65.8 Å². The van der Waals surface area contributed by atoms with Crippen LogP contribution in [0.25, 0.3) is 22.2 Å². The van der Waals surface area contributed by atoms with Crippen LogP contribution in [0, 0.1) is 0 Å². The second kappa shape index (κ2) is 9.46. The van der Waals surface area contributed by atoms with E-state index in [0.29, 0.717) is 25.0 Å². The third-order valence-corrected chi connectivity index (χ3v) is 7.50. The first-order valence-electron chi connectivity index (χ1n) is 12.4. The predicted molar refractivity (Wildman–Crippen MR) is 134 cm³/mol. The largest absolute Gasteiger partial charge is 0.478 e. The summed E-state index contributed by atoms with van der Waals surface area (Å²) in [6.07, 6.45) is 2.17. The first-order chi connectivity index (χ1) is 16.8. The number of aromatic carboxylic acids is 1. The zero-order valence-electron chi connectivity index (χ0n) is 20.3. The molecule has 1 aliphatic carbocycles. The third kappa shape index (κ3) is 4.33. The van der Waals surface area contributed by atoms with Gasteiger partial charge in [-0.15, -0.1) is 0 Å². The van der Waals surface area contributed by atoms with Crippen LogP contribution in [0.3, 0.4) is 0 Å². The Hall–Kier alpha value is -3.19. The first-order valence-corrected chi connectivity index (χ1v) is 12.4. The maximum atomic E-state index is 15.4. The molecule has 2 aromatic carbocycles. The number of carboxylic acids is 1. The molecule has 184 valence electrons. The molecule has 3 aromatic rings. The van der Waals surface area contributed by atoms with Crippen molar-refractivity contribution in [3.8, 4) is 11.3 Å². The van der Waals surface area contributed by atoms with Crippen molar-refractivity contribution in [2.24, 2.45) is 0 Å². The Morgan fingerprint density at radius 3 is 2.63 bits per heavy atom. The van der Waals surface area contributed by atoms with Crippen LogP contribution in [-0.2, 0) is 17.9 Å². The number of rotatable bonds is 5. The van der Waals surface area contributed by atoms with Gasteiger partial charge in [0.05, 0.1) is 16.8 Å². The first kappa shape index (κ1) is 23.5. The molecule has 2 heterocycles. The summed E-state index contributed by atoms with van der Waals surface area (Å²) in [5.74, 6) is -1.31. The number of carbonyl (C=O) groups is 2. The molecule has 2 atom stereocenters. The van der Waals surface area contributed by atoms with Crippen molar-refractivity contribution in [3.63, 3.8) is 0 Å². The van der Waals surface area contributed by atoms with Gasteiger partial charge < -0.3 is 19.5 Å². The van der Waals surface area contributed by atoms with Crippen LogP contribution in [0.1, 0.15) is 53.1 Å². The number of amides is 1. The normalized spacial score (nSPS) is 20.5. The summed E-state index contributed by atoms with van der Waals surface area (Å²) in [6.45, 7) is 1.93. The molecule has 7 heteroatoms.